The number of rotatable bonds is 8. The van der Waals surface area contributed by atoms with Gasteiger partial charge in [-0.2, -0.15) is 0 Å². The normalized spacial score (nSPS) is 13.5. The molecule has 0 saturated heterocycles. The summed E-state index contributed by atoms with van der Waals surface area (Å²) in [5, 5.41) is 12.5. The van der Waals surface area contributed by atoms with Crippen molar-refractivity contribution in [1.29, 1.82) is 0 Å². The largest absolute Gasteiger partial charge is 0.352 e. The van der Waals surface area contributed by atoms with Crippen molar-refractivity contribution in [2.75, 3.05) is 20.6 Å². The second-order valence-electron chi connectivity index (χ2n) is 6.09. The SMILES string of the molecule is C=CCNC(=O)[C@H](C)Sc1nnc([C@H](C)N(C)C)n1-c1ccc(Cl)cc1. The molecule has 1 aromatic carbocycles. The molecule has 0 aliphatic carbocycles. The lowest BCUT2D eigenvalue weighted by Crippen LogP contribution is -2.31. The molecule has 8 heteroatoms. The first kappa shape index (κ1) is 20.5. The molecule has 1 heterocycles. The lowest BCUT2D eigenvalue weighted by atomic mass is 10.2. The molecule has 140 valence electrons. The van der Waals surface area contributed by atoms with E-state index in [-0.39, 0.29) is 17.2 Å². The Bertz CT molecular complexity index is 759. The third-order valence-corrected chi connectivity index (χ3v) is 5.26. The number of halogens is 1. The Balaban J connectivity index is 2.38. The van der Waals surface area contributed by atoms with Crippen LogP contribution in [0.3, 0.4) is 0 Å². The Morgan fingerprint density at radius 3 is 2.58 bits per heavy atom. The minimum atomic E-state index is -0.312. The summed E-state index contributed by atoms with van der Waals surface area (Å²) in [6.07, 6.45) is 1.66. The number of carbonyl (C=O) groups is 1. The Kier molecular flexibility index (Phi) is 7.25. The smallest absolute Gasteiger partial charge is 0.233 e. The highest BCUT2D eigenvalue weighted by Crippen LogP contribution is 2.29. The van der Waals surface area contributed by atoms with E-state index in [1.165, 1.54) is 11.8 Å². The molecule has 0 saturated carbocycles. The van der Waals surface area contributed by atoms with E-state index < -0.39 is 0 Å². The van der Waals surface area contributed by atoms with Gasteiger partial charge in [-0.15, -0.1) is 16.8 Å². The van der Waals surface area contributed by atoms with Crippen LogP contribution in [-0.2, 0) is 4.79 Å². The van der Waals surface area contributed by atoms with Crippen LogP contribution >= 0.6 is 23.4 Å². The first-order chi connectivity index (χ1) is 12.3. The summed E-state index contributed by atoms with van der Waals surface area (Å²) in [5.41, 5.74) is 0.907. The van der Waals surface area contributed by atoms with Crippen molar-refractivity contribution in [2.24, 2.45) is 0 Å². The summed E-state index contributed by atoms with van der Waals surface area (Å²) >= 11 is 7.39. The molecule has 1 N–H and O–H groups in total. The lowest BCUT2D eigenvalue weighted by molar-refractivity contribution is -0.120. The molecule has 6 nitrogen and oxygen atoms in total. The molecule has 1 amide bonds. The van der Waals surface area contributed by atoms with Gasteiger partial charge in [0.15, 0.2) is 11.0 Å². The number of benzene rings is 1. The lowest BCUT2D eigenvalue weighted by Gasteiger charge is -2.21. The van der Waals surface area contributed by atoms with Crippen LogP contribution in [-0.4, -0.2) is 51.5 Å². The van der Waals surface area contributed by atoms with Gasteiger partial charge >= 0.3 is 0 Å². The van der Waals surface area contributed by atoms with Gasteiger partial charge in [-0.25, -0.2) is 0 Å². The van der Waals surface area contributed by atoms with E-state index in [1.54, 1.807) is 6.08 Å². The second-order valence-corrected chi connectivity index (χ2v) is 7.83. The van der Waals surface area contributed by atoms with E-state index in [9.17, 15) is 4.79 Å². The van der Waals surface area contributed by atoms with Gasteiger partial charge in [0.2, 0.25) is 5.91 Å². The molecular weight excluding hydrogens is 370 g/mol. The average Bonchev–Trinajstić information content (AvgIpc) is 3.02. The molecule has 2 atom stereocenters. The molecule has 2 rings (SSSR count). The van der Waals surface area contributed by atoms with E-state index in [2.05, 4.69) is 33.9 Å². The van der Waals surface area contributed by atoms with Crippen LogP contribution < -0.4 is 5.32 Å². The zero-order valence-electron chi connectivity index (χ0n) is 15.4. The van der Waals surface area contributed by atoms with Gasteiger partial charge in [0.25, 0.3) is 0 Å². The number of nitrogens with zero attached hydrogens (tertiary/aromatic N) is 4. The number of amides is 1. The molecule has 0 radical (unpaired) electrons. The van der Waals surface area contributed by atoms with Crippen LogP contribution in [0.1, 0.15) is 25.7 Å². The second kappa shape index (κ2) is 9.21. The van der Waals surface area contributed by atoms with Gasteiger partial charge in [0.05, 0.1) is 11.3 Å². The highest BCUT2D eigenvalue weighted by molar-refractivity contribution is 8.00. The molecule has 2 aromatic rings. The minimum Gasteiger partial charge on any atom is -0.352 e. The predicted octanol–water partition coefficient (Wildman–Crippen LogP) is 3.33. The number of hydrogen-bond acceptors (Lipinski definition) is 5. The Morgan fingerprint density at radius 1 is 1.35 bits per heavy atom. The number of hydrogen-bond donors (Lipinski definition) is 1. The molecule has 0 aliphatic heterocycles. The molecule has 0 bridgehead atoms. The van der Waals surface area contributed by atoms with Crippen LogP contribution in [0.4, 0.5) is 0 Å². The van der Waals surface area contributed by atoms with Crippen molar-refractivity contribution in [1.82, 2.24) is 25.0 Å². The Labute approximate surface area is 163 Å². The Hall–Kier alpha value is -1.83. The molecule has 26 heavy (non-hydrogen) atoms. The third kappa shape index (κ3) is 4.87. The zero-order chi connectivity index (χ0) is 19.3. The van der Waals surface area contributed by atoms with Gasteiger partial charge in [-0.3, -0.25) is 14.3 Å². The fraction of sp³-hybridized carbons (Fsp3) is 0.389. The maximum Gasteiger partial charge on any atom is 0.233 e. The number of aromatic nitrogens is 3. The summed E-state index contributed by atoms with van der Waals surface area (Å²) in [6.45, 7) is 7.96. The van der Waals surface area contributed by atoms with Gasteiger partial charge in [-0.05, 0) is 52.2 Å². The standard InChI is InChI=1S/C18H24ClN5OS/c1-6-11-20-17(25)13(3)26-18-22-21-16(12(2)23(4)5)24(18)15-9-7-14(19)8-10-15/h6-10,12-13H,1,11H2,2-5H3,(H,20,25)/t12-,13-/m0/s1. The number of thioether (sulfide) groups is 1. The maximum absolute atomic E-state index is 12.2. The van der Waals surface area contributed by atoms with Crippen LogP contribution in [0.15, 0.2) is 42.1 Å². The van der Waals surface area contributed by atoms with E-state index in [4.69, 9.17) is 11.6 Å². The molecular formula is C18H24ClN5OS. The van der Waals surface area contributed by atoms with Crippen molar-refractivity contribution in [3.63, 3.8) is 0 Å². The molecule has 0 unspecified atom stereocenters. The molecule has 1 aromatic heterocycles. The van der Waals surface area contributed by atoms with Crippen molar-refractivity contribution in [3.05, 3.63) is 47.8 Å². The third-order valence-electron chi connectivity index (χ3n) is 3.96. The quantitative estimate of drug-likeness (QED) is 0.550. The molecule has 0 fully saturated rings. The van der Waals surface area contributed by atoms with E-state index in [0.29, 0.717) is 16.7 Å². The van der Waals surface area contributed by atoms with Crippen molar-refractivity contribution in [3.8, 4) is 5.69 Å². The van der Waals surface area contributed by atoms with Crippen LogP contribution in [0.5, 0.6) is 0 Å². The topological polar surface area (TPSA) is 63.1 Å². The van der Waals surface area contributed by atoms with E-state index >= 15 is 0 Å². The fourth-order valence-corrected chi connectivity index (χ4v) is 3.24. The van der Waals surface area contributed by atoms with Crippen LogP contribution in [0, 0.1) is 0 Å². The number of carbonyl (C=O) groups excluding carboxylic acids is 1. The minimum absolute atomic E-state index is 0.0532. The van der Waals surface area contributed by atoms with Gasteiger partial charge < -0.3 is 5.32 Å². The highest BCUT2D eigenvalue weighted by Gasteiger charge is 2.24. The maximum atomic E-state index is 12.2. The summed E-state index contributed by atoms with van der Waals surface area (Å²) in [5.74, 6) is 0.737. The fourth-order valence-electron chi connectivity index (χ4n) is 2.22. The van der Waals surface area contributed by atoms with Gasteiger partial charge in [0.1, 0.15) is 0 Å². The average molecular weight is 394 g/mol. The highest BCUT2D eigenvalue weighted by atomic mass is 35.5. The van der Waals surface area contributed by atoms with E-state index in [0.717, 1.165) is 11.5 Å². The first-order valence-corrected chi connectivity index (χ1v) is 9.53. The van der Waals surface area contributed by atoms with Crippen LogP contribution in [0.25, 0.3) is 5.69 Å². The van der Waals surface area contributed by atoms with Gasteiger partial charge in [0, 0.05) is 17.3 Å². The number of nitrogens with one attached hydrogen (secondary N) is 1. The molecule has 0 aliphatic rings. The predicted molar refractivity (Wildman–Crippen MR) is 107 cm³/mol. The summed E-state index contributed by atoms with van der Waals surface area (Å²) in [4.78, 5) is 14.2. The van der Waals surface area contributed by atoms with Crippen molar-refractivity contribution in [2.45, 2.75) is 30.3 Å². The summed E-state index contributed by atoms with van der Waals surface area (Å²) in [6, 6.07) is 7.55. The van der Waals surface area contributed by atoms with E-state index in [1.807, 2.05) is 49.9 Å². The van der Waals surface area contributed by atoms with Gasteiger partial charge in [-0.1, -0.05) is 29.4 Å². The van der Waals surface area contributed by atoms with Crippen LogP contribution in [0.2, 0.25) is 5.02 Å². The van der Waals surface area contributed by atoms with Crippen molar-refractivity contribution < 1.29 is 4.79 Å². The summed E-state index contributed by atoms with van der Waals surface area (Å²) < 4.78 is 1.98. The monoisotopic (exact) mass is 393 g/mol. The Morgan fingerprint density at radius 2 is 2.00 bits per heavy atom. The van der Waals surface area contributed by atoms with Crippen molar-refractivity contribution >= 4 is 29.3 Å². The summed E-state index contributed by atoms with van der Waals surface area (Å²) in [7, 11) is 3.98. The first-order valence-electron chi connectivity index (χ1n) is 8.28. The molecule has 0 spiro atoms. The zero-order valence-corrected chi connectivity index (χ0v) is 17.0.